The first kappa shape index (κ1) is 15.1. The minimum absolute atomic E-state index is 0.0145. The summed E-state index contributed by atoms with van der Waals surface area (Å²) in [5, 5.41) is 3.09. The molecule has 0 aliphatic rings. The third-order valence-corrected chi connectivity index (χ3v) is 3.59. The highest BCUT2D eigenvalue weighted by Gasteiger charge is 2.24. The van der Waals surface area contributed by atoms with E-state index in [0.717, 1.165) is 5.69 Å². The fraction of sp³-hybridized carbons (Fsp3) is 0.267. The standard InChI is InChI=1S/C15H15BrF2N2/c1-3-19-15(12-6-4-5-9(2)20-12)13-11(17)8-7-10(16)14(13)18/h4-8,15,19H,3H2,1-2H3. The van der Waals surface area contributed by atoms with Crippen LogP contribution in [0.5, 0.6) is 0 Å². The van der Waals surface area contributed by atoms with Crippen LogP contribution in [-0.2, 0) is 0 Å². The summed E-state index contributed by atoms with van der Waals surface area (Å²) in [6, 6.07) is 7.44. The number of nitrogens with zero attached hydrogens (tertiary/aromatic N) is 1. The van der Waals surface area contributed by atoms with E-state index < -0.39 is 17.7 Å². The summed E-state index contributed by atoms with van der Waals surface area (Å²) in [6.45, 7) is 4.31. The summed E-state index contributed by atoms with van der Waals surface area (Å²) in [4.78, 5) is 4.37. The summed E-state index contributed by atoms with van der Waals surface area (Å²) < 4.78 is 28.6. The second-order valence-electron chi connectivity index (χ2n) is 4.45. The SMILES string of the molecule is CCNC(c1cccc(C)n1)c1c(F)ccc(Br)c1F. The molecule has 0 spiro atoms. The van der Waals surface area contributed by atoms with Crippen molar-refractivity contribution in [2.45, 2.75) is 19.9 Å². The number of halogens is 3. The van der Waals surface area contributed by atoms with Crippen molar-refractivity contribution in [3.63, 3.8) is 0 Å². The maximum absolute atomic E-state index is 14.3. The van der Waals surface area contributed by atoms with Gasteiger partial charge in [-0.3, -0.25) is 4.98 Å². The van der Waals surface area contributed by atoms with Crippen LogP contribution in [0.4, 0.5) is 8.78 Å². The molecular weight excluding hydrogens is 326 g/mol. The highest BCUT2D eigenvalue weighted by molar-refractivity contribution is 9.10. The molecule has 0 saturated carbocycles. The van der Waals surface area contributed by atoms with Crippen molar-refractivity contribution in [2.24, 2.45) is 0 Å². The van der Waals surface area contributed by atoms with Crippen LogP contribution in [0, 0.1) is 18.6 Å². The van der Waals surface area contributed by atoms with Gasteiger partial charge in [0.1, 0.15) is 11.6 Å². The maximum atomic E-state index is 14.3. The van der Waals surface area contributed by atoms with Gasteiger partial charge in [-0.15, -0.1) is 0 Å². The van der Waals surface area contributed by atoms with E-state index in [0.29, 0.717) is 12.2 Å². The van der Waals surface area contributed by atoms with E-state index in [2.05, 4.69) is 26.2 Å². The number of hydrogen-bond donors (Lipinski definition) is 1. The third kappa shape index (κ3) is 3.04. The number of aryl methyl sites for hydroxylation is 1. The minimum atomic E-state index is -0.614. The first-order valence-corrected chi connectivity index (χ1v) is 7.14. The van der Waals surface area contributed by atoms with Crippen LogP contribution in [0.2, 0.25) is 0 Å². The number of hydrogen-bond acceptors (Lipinski definition) is 2. The Labute approximate surface area is 125 Å². The Balaban J connectivity index is 2.57. The quantitative estimate of drug-likeness (QED) is 0.846. The Bertz CT molecular complexity index is 617. The lowest BCUT2D eigenvalue weighted by atomic mass is 10.0. The predicted octanol–water partition coefficient (Wildman–Crippen LogP) is 4.13. The Hall–Kier alpha value is -1.33. The Morgan fingerprint density at radius 3 is 2.65 bits per heavy atom. The van der Waals surface area contributed by atoms with Gasteiger partial charge in [-0.25, -0.2) is 8.78 Å². The van der Waals surface area contributed by atoms with E-state index >= 15 is 0 Å². The number of aromatic nitrogens is 1. The van der Waals surface area contributed by atoms with Gasteiger partial charge in [0.05, 0.1) is 16.2 Å². The van der Waals surface area contributed by atoms with Gasteiger partial charge in [-0.1, -0.05) is 13.0 Å². The zero-order chi connectivity index (χ0) is 14.7. The zero-order valence-electron chi connectivity index (χ0n) is 11.3. The molecule has 1 aromatic carbocycles. The van der Waals surface area contributed by atoms with Crippen molar-refractivity contribution in [2.75, 3.05) is 6.54 Å². The van der Waals surface area contributed by atoms with Crippen molar-refractivity contribution >= 4 is 15.9 Å². The number of benzene rings is 1. The molecule has 0 aliphatic heterocycles. The first-order valence-electron chi connectivity index (χ1n) is 6.35. The molecule has 0 bridgehead atoms. The average molecular weight is 341 g/mol. The van der Waals surface area contributed by atoms with Crippen molar-refractivity contribution in [1.29, 1.82) is 0 Å². The lowest BCUT2D eigenvalue weighted by Crippen LogP contribution is -2.25. The summed E-state index contributed by atoms with van der Waals surface area (Å²) >= 11 is 3.10. The molecule has 0 saturated heterocycles. The van der Waals surface area contributed by atoms with Gasteiger partial charge >= 0.3 is 0 Å². The van der Waals surface area contributed by atoms with Gasteiger partial charge in [0, 0.05) is 11.3 Å². The molecule has 20 heavy (non-hydrogen) atoms. The topological polar surface area (TPSA) is 24.9 Å². The molecule has 0 radical (unpaired) electrons. The summed E-state index contributed by atoms with van der Waals surface area (Å²) in [5.74, 6) is -1.18. The maximum Gasteiger partial charge on any atom is 0.145 e. The summed E-state index contributed by atoms with van der Waals surface area (Å²) in [7, 11) is 0. The van der Waals surface area contributed by atoms with E-state index in [1.54, 1.807) is 6.07 Å². The molecule has 0 amide bonds. The molecule has 1 N–H and O–H groups in total. The van der Waals surface area contributed by atoms with Crippen molar-refractivity contribution < 1.29 is 8.78 Å². The first-order chi connectivity index (χ1) is 9.54. The molecule has 5 heteroatoms. The molecule has 0 aliphatic carbocycles. The Morgan fingerprint density at radius 1 is 1.25 bits per heavy atom. The number of rotatable bonds is 4. The lowest BCUT2D eigenvalue weighted by Gasteiger charge is -2.20. The largest absolute Gasteiger partial charge is 0.305 e. The molecule has 2 rings (SSSR count). The van der Waals surface area contributed by atoms with Crippen LogP contribution in [0.15, 0.2) is 34.8 Å². The molecular formula is C15H15BrF2N2. The molecule has 2 nitrogen and oxygen atoms in total. The van der Waals surface area contributed by atoms with Crippen LogP contribution in [-0.4, -0.2) is 11.5 Å². The zero-order valence-corrected chi connectivity index (χ0v) is 12.8. The number of nitrogens with one attached hydrogen (secondary N) is 1. The molecule has 106 valence electrons. The van der Waals surface area contributed by atoms with E-state index in [-0.39, 0.29) is 10.0 Å². The lowest BCUT2D eigenvalue weighted by molar-refractivity contribution is 0.502. The van der Waals surface area contributed by atoms with Gasteiger partial charge in [0.25, 0.3) is 0 Å². The van der Waals surface area contributed by atoms with E-state index in [4.69, 9.17) is 0 Å². The highest BCUT2D eigenvalue weighted by atomic mass is 79.9. The average Bonchev–Trinajstić information content (AvgIpc) is 2.42. The van der Waals surface area contributed by atoms with E-state index in [1.807, 2.05) is 26.0 Å². The highest BCUT2D eigenvalue weighted by Crippen LogP contribution is 2.30. The van der Waals surface area contributed by atoms with Crippen LogP contribution in [0.3, 0.4) is 0 Å². The van der Waals surface area contributed by atoms with Crippen molar-refractivity contribution in [3.05, 3.63) is 63.4 Å². The molecule has 1 unspecified atom stereocenters. The fourth-order valence-electron chi connectivity index (χ4n) is 2.09. The summed E-state index contributed by atoms with van der Waals surface area (Å²) in [5.41, 5.74) is 1.39. The Kier molecular flexibility index (Phi) is 4.83. The smallest absolute Gasteiger partial charge is 0.145 e. The molecule has 1 heterocycles. The van der Waals surface area contributed by atoms with Crippen LogP contribution in [0.1, 0.15) is 29.9 Å². The van der Waals surface area contributed by atoms with Gasteiger partial charge in [-0.05, 0) is 53.7 Å². The number of pyridine rings is 1. The van der Waals surface area contributed by atoms with Gasteiger partial charge in [0.15, 0.2) is 0 Å². The monoisotopic (exact) mass is 340 g/mol. The van der Waals surface area contributed by atoms with Crippen molar-refractivity contribution in [3.8, 4) is 0 Å². The van der Waals surface area contributed by atoms with E-state index in [1.165, 1.54) is 12.1 Å². The third-order valence-electron chi connectivity index (χ3n) is 2.98. The normalized spacial score (nSPS) is 12.4. The van der Waals surface area contributed by atoms with Gasteiger partial charge in [0.2, 0.25) is 0 Å². The second-order valence-corrected chi connectivity index (χ2v) is 5.31. The molecule has 1 atom stereocenters. The van der Waals surface area contributed by atoms with Gasteiger partial charge in [-0.2, -0.15) is 0 Å². The fourth-order valence-corrected chi connectivity index (χ4v) is 2.44. The predicted molar refractivity (Wildman–Crippen MR) is 78.6 cm³/mol. The van der Waals surface area contributed by atoms with Gasteiger partial charge < -0.3 is 5.32 Å². The van der Waals surface area contributed by atoms with E-state index in [9.17, 15) is 8.78 Å². The van der Waals surface area contributed by atoms with Crippen LogP contribution >= 0.6 is 15.9 Å². The minimum Gasteiger partial charge on any atom is -0.305 e. The van der Waals surface area contributed by atoms with Crippen LogP contribution < -0.4 is 5.32 Å². The molecule has 1 aromatic heterocycles. The summed E-state index contributed by atoms with van der Waals surface area (Å²) in [6.07, 6.45) is 0. The Morgan fingerprint density at radius 2 is 2.00 bits per heavy atom. The second kappa shape index (κ2) is 6.41. The molecule has 0 fully saturated rings. The van der Waals surface area contributed by atoms with Crippen LogP contribution in [0.25, 0.3) is 0 Å². The van der Waals surface area contributed by atoms with Crippen molar-refractivity contribution in [1.82, 2.24) is 10.3 Å². The molecule has 2 aromatic rings.